The second kappa shape index (κ2) is 5.81. The molecule has 0 aromatic rings. The Morgan fingerprint density at radius 1 is 1.62 bits per heavy atom. The fraction of sp³-hybridized carbons (Fsp3) is 0.800. The molecule has 0 radical (unpaired) electrons. The number of aliphatic hydroxyl groups is 1. The van der Waals surface area contributed by atoms with Crippen LogP contribution in [0.5, 0.6) is 0 Å². The highest BCUT2D eigenvalue weighted by Gasteiger charge is 2.29. The van der Waals surface area contributed by atoms with E-state index in [0.29, 0.717) is 5.92 Å². The minimum atomic E-state index is -0.817. The van der Waals surface area contributed by atoms with Crippen molar-refractivity contribution in [2.24, 2.45) is 11.7 Å². The summed E-state index contributed by atoms with van der Waals surface area (Å²) in [7, 11) is 0. The van der Waals surface area contributed by atoms with Gasteiger partial charge >= 0.3 is 6.03 Å². The van der Waals surface area contributed by atoms with Gasteiger partial charge in [-0.1, -0.05) is 0 Å². The third kappa shape index (κ3) is 3.46. The number of rotatable bonds is 4. The maximum atomic E-state index is 11.5. The van der Waals surface area contributed by atoms with Crippen LogP contribution in [0.1, 0.15) is 19.8 Å². The van der Waals surface area contributed by atoms with E-state index in [1.165, 1.54) is 0 Å². The summed E-state index contributed by atoms with van der Waals surface area (Å²) in [5.41, 5.74) is 4.88. The minimum Gasteiger partial charge on any atom is -0.396 e. The van der Waals surface area contributed by atoms with E-state index in [1.54, 1.807) is 6.92 Å². The summed E-state index contributed by atoms with van der Waals surface area (Å²) in [6, 6.07) is -1.17. The monoisotopic (exact) mass is 229 g/mol. The number of nitrogens with two attached hydrogens (primary N) is 1. The molecule has 1 aliphatic heterocycles. The van der Waals surface area contributed by atoms with Gasteiger partial charge in [-0.25, -0.2) is 4.79 Å². The Hall–Kier alpha value is -1.14. The topological polar surface area (TPSA) is 95.7 Å². The van der Waals surface area contributed by atoms with Crippen LogP contribution in [-0.4, -0.2) is 47.7 Å². The Kier molecular flexibility index (Phi) is 4.70. The van der Waals surface area contributed by atoms with E-state index in [2.05, 4.69) is 5.32 Å². The molecule has 1 saturated heterocycles. The fourth-order valence-electron chi connectivity index (χ4n) is 2.02. The Bertz CT molecular complexity index is 270. The Morgan fingerprint density at radius 2 is 2.31 bits per heavy atom. The van der Waals surface area contributed by atoms with Crippen LogP contribution in [0.2, 0.25) is 0 Å². The molecule has 0 aliphatic carbocycles. The van der Waals surface area contributed by atoms with Crippen molar-refractivity contribution in [2.75, 3.05) is 19.7 Å². The van der Waals surface area contributed by atoms with Crippen LogP contribution >= 0.6 is 0 Å². The van der Waals surface area contributed by atoms with E-state index >= 15 is 0 Å². The molecule has 2 atom stereocenters. The number of carbonyl (C=O) groups is 2. The third-order valence-corrected chi connectivity index (χ3v) is 3.03. The molecule has 92 valence electrons. The number of imide groups is 1. The van der Waals surface area contributed by atoms with Crippen LogP contribution in [0.25, 0.3) is 0 Å². The van der Waals surface area contributed by atoms with Gasteiger partial charge in [-0.15, -0.1) is 0 Å². The molecule has 6 heteroatoms. The second-order valence-electron chi connectivity index (χ2n) is 4.19. The maximum Gasteiger partial charge on any atom is 0.318 e. The Morgan fingerprint density at radius 3 is 2.88 bits per heavy atom. The number of hydrogen-bond acceptors (Lipinski definition) is 4. The average Bonchev–Trinajstić information content (AvgIpc) is 2.64. The normalized spacial score (nSPS) is 23.0. The first kappa shape index (κ1) is 12.9. The third-order valence-electron chi connectivity index (χ3n) is 3.03. The smallest absolute Gasteiger partial charge is 0.318 e. The van der Waals surface area contributed by atoms with Crippen molar-refractivity contribution in [3.63, 3.8) is 0 Å². The summed E-state index contributed by atoms with van der Waals surface area (Å²) in [5, 5.41) is 10.9. The SMILES string of the molecule is CC(C(=O)NC(N)=O)N1CCC(CCO)C1. The highest BCUT2D eigenvalue weighted by Crippen LogP contribution is 2.21. The van der Waals surface area contributed by atoms with Crippen LogP contribution in [0.15, 0.2) is 0 Å². The summed E-state index contributed by atoms with van der Waals surface area (Å²) in [5.74, 6) is 0.0750. The van der Waals surface area contributed by atoms with E-state index in [0.717, 1.165) is 25.9 Å². The highest BCUT2D eigenvalue weighted by atomic mass is 16.3. The number of urea groups is 1. The summed E-state index contributed by atoms with van der Waals surface area (Å²) >= 11 is 0. The van der Waals surface area contributed by atoms with Gasteiger partial charge in [0.15, 0.2) is 0 Å². The molecule has 0 saturated carbocycles. The molecule has 1 aliphatic rings. The van der Waals surface area contributed by atoms with E-state index in [1.807, 2.05) is 4.90 Å². The van der Waals surface area contributed by atoms with E-state index < -0.39 is 6.03 Å². The van der Waals surface area contributed by atoms with Crippen LogP contribution in [0.3, 0.4) is 0 Å². The van der Waals surface area contributed by atoms with Crippen LogP contribution in [0, 0.1) is 5.92 Å². The van der Waals surface area contributed by atoms with E-state index in [-0.39, 0.29) is 18.6 Å². The number of nitrogens with zero attached hydrogens (tertiary/aromatic N) is 1. The first-order valence-electron chi connectivity index (χ1n) is 5.49. The highest BCUT2D eigenvalue weighted by molar-refractivity contribution is 5.96. The standard InChI is InChI=1S/C10H19N3O3/c1-7(9(15)12-10(11)16)13-4-2-8(6-13)3-5-14/h7-8,14H,2-6H2,1H3,(H3,11,12,15,16). The lowest BCUT2D eigenvalue weighted by Crippen LogP contribution is -2.47. The molecule has 2 unspecified atom stereocenters. The summed E-state index contributed by atoms with van der Waals surface area (Å²) in [4.78, 5) is 24.0. The zero-order chi connectivity index (χ0) is 12.1. The molecule has 1 heterocycles. The van der Waals surface area contributed by atoms with Crippen molar-refractivity contribution in [1.29, 1.82) is 0 Å². The number of carbonyl (C=O) groups excluding carboxylic acids is 2. The molecule has 1 rings (SSSR count). The molecule has 0 spiro atoms. The number of hydrogen-bond donors (Lipinski definition) is 3. The quantitative estimate of drug-likeness (QED) is 0.592. The molecular weight excluding hydrogens is 210 g/mol. The maximum absolute atomic E-state index is 11.5. The summed E-state index contributed by atoms with van der Waals surface area (Å²) < 4.78 is 0. The second-order valence-corrected chi connectivity index (χ2v) is 4.19. The Balaban J connectivity index is 2.40. The number of amides is 3. The number of likely N-dealkylation sites (tertiary alicyclic amines) is 1. The lowest BCUT2D eigenvalue weighted by atomic mass is 10.1. The van der Waals surface area contributed by atoms with Gasteiger partial charge in [-0.3, -0.25) is 15.0 Å². The summed E-state index contributed by atoms with van der Waals surface area (Å²) in [6.07, 6.45) is 1.75. The van der Waals surface area contributed by atoms with Gasteiger partial charge in [0.2, 0.25) is 5.91 Å². The zero-order valence-corrected chi connectivity index (χ0v) is 9.48. The lowest BCUT2D eigenvalue weighted by Gasteiger charge is -2.22. The van der Waals surface area contributed by atoms with E-state index in [9.17, 15) is 9.59 Å². The molecule has 6 nitrogen and oxygen atoms in total. The number of aliphatic hydroxyl groups excluding tert-OH is 1. The van der Waals surface area contributed by atoms with Crippen molar-refractivity contribution < 1.29 is 14.7 Å². The van der Waals surface area contributed by atoms with Crippen LogP contribution < -0.4 is 11.1 Å². The first-order valence-corrected chi connectivity index (χ1v) is 5.49. The predicted molar refractivity (Wildman–Crippen MR) is 58.6 cm³/mol. The van der Waals surface area contributed by atoms with Gasteiger partial charge in [0.1, 0.15) is 0 Å². The molecule has 0 aromatic heterocycles. The summed E-state index contributed by atoms with van der Waals surface area (Å²) in [6.45, 7) is 3.53. The molecule has 1 fully saturated rings. The van der Waals surface area contributed by atoms with Crippen molar-refractivity contribution in [2.45, 2.75) is 25.8 Å². The molecule has 3 amide bonds. The molecular formula is C10H19N3O3. The van der Waals surface area contributed by atoms with Crippen molar-refractivity contribution in [3.8, 4) is 0 Å². The van der Waals surface area contributed by atoms with Gasteiger partial charge in [0, 0.05) is 13.2 Å². The van der Waals surface area contributed by atoms with Crippen LogP contribution in [-0.2, 0) is 4.79 Å². The van der Waals surface area contributed by atoms with Crippen molar-refractivity contribution in [3.05, 3.63) is 0 Å². The molecule has 4 N–H and O–H groups in total. The molecule has 0 aromatic carbocycles. The zero-order valence-electron chi connectivity index (χ0n) is 9.48. The lowest BCUT2D eigenvalue weighted by molar-refractivity contribution is -0.124. The van der Waals surface area contributed by atoms with Gasteiger partial charge in [0.25, 0.3) is 0 Å². The van der Waals surface area contributed by atoms with Crippen molar-refractivity contribution in [1.82, 2.24) is 10.2 Å². The van der Waals surface area contributed by atoms with Gasteiger partial charge < -0.3 is 10.8 Å². The van der Waals surface area contributed by atoms with Crippen molar-refractivity contribution >= 4 is 11.9 Å². The molecule has 16 heavy (non-hydrogen) atoms. The number of primary amides is 1. The predicted octanol–water partition coefficient (Wildman–Crippen LogP) is -0.726. The molecule has 0 bridgehead atoms. The average molecular weight is 229 g/mol. The minimum absolute atomic E-state index is 0.181. The largest absolute Gasteiger partial charge is 0.396 e. The van der Waals surface area contributed by atoms with E-state index in [4.69, 9.17) is 10.8 Å². The van der Waals surface area contributed by atoms with Gasteiger partial charge in [0.05, 0.1) is 6.04 Å². The van der Waals surface area contributed by atoms with Gasteiger partial charge in [-0.2, -0.15) is 0 Å². The van der Waals surface area contributed by atoms with Gasteiger partial charge in [-0.05, 0) is 32.2 Å². The Labute approximate surface area is 94.8 Å². The fourth-order valence-corrected chi connectivity index (χ4v) is 2.02. The van der Waals surface area contributed by atoms with Crippen LogP contribution in [0.4, 0.5) is 4.79 Å². The number of nitrogens with one attached hydrogen (secondary N) is 1. The first-order chi connectivity index (χ1) is 7.54.